The lowest BCUT2D eigenvalue weighted by Gasteiger charge is -2.30. The summed E-state index contributed by atoms with van der Waals surface area (Å²) in [5, 5.41) is 20.0. The second-order valence-corrected chi connectivity index (χ2v) is 5.76. The molecule has 19 heavy (non-hydrogen) atoms. The first kappa shape index (κ1) is 16.4. The Morgan fingerprint density at radius 2 is 1.74 bits per heavy atom. The fourth-order valence-corrected chi connectivity index (χ4v) is 2.05. The van der Waals surface area contributed by atoms with Crippen molar-refractivity contribution >= 4 is 11.6 Å². The van der Waals surface area contributed by atoms with E-state index >= 15 is 0 Å². The molecule has 108 valence electrons. The number of hydrogen-bond donors (Lipinski definition) is 2. The van der Waals surface area contributed by atoms with Gasteiger partial charge in [-0.3, -0.25) is 0 Å². The number of benzene rings is 1. The number of halogens is 1. The SMILES string of the molecule is CC(C)COCCC(CO)(CO)c1ccc(Cl)cc1. The molecule has 3 nitrogen and oxygen atoms in total. The van der Waals surface area contributed by atoms with E-state index in [9.17, 15) is 10.2 Å². The average Bonchev–Trinajstić information content (AvgIpc) is 2.41. The molecule has 0 heterocycles. The van der Waals surface area contributed by atoms with Crippen molar-refractivity contribution in [1.82, 2.24) is 0 Å². The second-order valence-electron chi connectivity index (χ2n) is 5.32. The van der Waals surface area contributed by atoms with Crippen LogP contribution in [0.25, 0.3) is 0 Å². The maximum atomic E-state index is 9.66. The van der Waals surface area contributed by atoms with Crippen LogP contribution in [0.1, 0.15) is 25.8 Å². The van der Waals surface area contributed by atoms with Gasteiger partial charge in [-0.1, -0.05) is 37.6 Å². The van der Waals surface area contributed by atoms with Gasteiger partial charge in [0.25, 0.3) is 0 Å². The minimum Gasteiger partial charge on any atom is -0.395 e. The summed E-state index contributed by atoms with van der Waals surface area (Å²) < 4.78 is 5.55. The largest absolute Gasteiger partial charge is 0.395 e. The normalized spacial score (nSPS) is 12.1. The molecule has 0 spiro atoms. The smallest absolute Gasteiger partial charge is 0.0550 e. The first-order chi connectivity index (χ1) is 9.04. The van der Waals surface area contributed by atoms with Crippen molar-refractivity contribution < 1.29 is 14.9 Å². The summed E-state index contributed by atoms with van der Waals surface area (Å²) >= 11 is 5.86. The molecule has 0 aliphatic carbocycles. The molecule has 0 aliphatic heterocycles. The Labute approximate surface area is 120 Å². The molecule has 1 aromatic rings. The van der Waals surface area contributed by atoms with Gasteiger partial charge in [-0.2, -0.15) is 0 Å². The van der Waals surface area contributed by atoms with Crippen molar-refractivity contribution in [1.29, 1.82) is 0 Å². The van der Waals surface area contributed by atoms with E-state index in [0.29, 0.717) is 30.6 Å². The van der Waals surface area contributed by atoms with Crippen molar-refractivity contribution in [3.8, 4) is 0 Å². The Kier molecular flexibility index (Phi) is 6.80. The van der Waals surface area contributed by atoms with Crippen molar-refractivity contribution in [2.75, 3.05) is 26.4 Å². The minimum absolute atomic E-state index is 0.115. The molecule has 2 N–H and O–H groups in total. The highest BCUT2D eigenvalue weighted by molar-refractivity contribution is 6.30. The second kappa shape index (κ2) is 7.85. The first-order valence-electron chi connectivity index (χ1n) is 6.59. The number of hydrogen-bond acceptors (Lipinski definition) is 3. The number of aliphatic hydroxyl groups excluding tert-OH is 2. The Bertz CT molecular complexity index is 358. The summed E-state index contributed by atoms with van der Waals surface area (Å²) in [6.07, 6.45) is 0.578. The van der Waals surface area contributed by atoms with Gasteiger partial charge in [-0.05, 0) is 30.0 Å². The predicted octanol–water partition coefficient (Wildman–Crippen LogP) is 2.63. The van der Waals surface area contributed by atoms with Gasteiger partial charge in [0.05, 0.1) is 13.2 Å². The Morgan fingerprint density at radius 1 is 1.16 bits per heavy atom. The zero-order valence-electron chi connectivity index (χ0n) is 11.6. The average molecular weight is 287 g/mol. The van der Waals surface area contributed by atoms with Gasteiger partial charge in [-0.25, -0.2) is 0 Å². The fourth-order valence-electron chi connectivity index (χ4n) is 1.93. The van der Waals surface area contributed by atoms with E-state index in [-0.39, 0.29) is 13.2 Å². The van der Waals surface area contributed by atoms with E-state index in [0.717, 1.165) is 5.56 Å². The van der Waals surface area contributed by atoms with Crippen molar-refractivity contribution in [2.24, 2.45) is 5.92 Å². The third-order valence-electron chi connectivity index (χ3n) is 3.24. The molecule has 0 unspecified atom stereocenters. The van der Waals surface area contributed by atoms with Crippen LogP contribution in [-0.2, 0) is 10.2 Å². The van der Waals surface area contributed by atoms with E-state index in [4.69, 9.17) is 16.3 Å². The Morgan fingerprint density at radius 3 is 2.21 bits per heavy atom. The molecule has 0 bridgehead atoms. The van der Waals surface area contributed by atoms with Crippen molar-refractivity contribution in [3.63, 3.8) is 0 Å². The highest BCUT2D eigenvalue weighted by atomic mass is 35.5. The van der Waals surface area contributed by atoms with Gasteiger partial charge in [0.15, 0.2) is 0 Å². The van der Waals surface area contributed by atoms with Crippen LogP contribution in [0.15, 0.2) is 24.3 Å². The lowest BCUT2D eigenvalue weighted by atomic mass is 9.79. The molecular weight excluding hydrogens is 264 g/mol. The van der Waals surface area contributed by atoms with E-state index in [1.54, 1.807) is 12.1 Å². The third-order valence-corrected chi connectivity index (χ3v) is 3.49. The van der Waals surface area contributed by atoms with E-state index in [1.165, 1.54) is 0 Å². The molecule has 1 rings (SSSR count). The molecule has 0 aliphatic rings. The predicted molar refractivity (Wildman–Crippen MR) is 77.6 cm³/mol. The monoisotopic (exact) mass is 286 g/mol. The van der Waals surface area contributed by atoms with Gasteiger partial charge in [0.2, 0.25) is 0 Å². The zero-order valence-corrected chi connectivity index (χ0v) is 12.4. The van der Waals surface area contributed by atoms with Gasteiger partial charge in [-0.15, -0.1) is 0 Å². The van der Waals surface area contributed by atoms with Gasteiger partial charge < -0.3 is 14.9 Å². The molecule has 0 atom stereocenters. The quantitative estimate of drug-likeness (QED) is 0.722. The van der Waals surface area contributed by atoms with Crippen LogP contribution < -0.4 is 0 Å². The summed E-state index contributed by atoms with van der Waals surface area (Å²) in [6.45, 7) is 5.15. The molecule has 1 aromatic carbocycles. The van der Waals surface area contributed by atoms with Crippen LogP contribution in [0.5, 0.6) is 0 Å². The summed E-state index contributed by atoms with van der Waals surface area (Å²) in [5.74, 6) is 0.480. The van der Waals surface area contributed by atoms with Crippen molar-refractivity contribution in [2.45, 2.75) is 25.7 Å². The highest BCUT2D eigenvalue weighted by Crippen LogP contribution is 2.28. The molecule has 0 aromatic heterocycles. The molecule has 4 heteroatoms. The van der Waals surface area contributed by atoms with Gasteiger partial charge in [0.1, 0.15) is 0 Å². The summed E-state index contributed by atoms with van der Waals surface area (Å²) in [7, 11) is 0. The molecule has 0 radical (unpaired) electrons. The minimum atomic E-state index is -0.665. The van der Waals surface area contributed by atoms with Crippen LogP contribution >= 0.6 is 11.6 Å². The van der Waals surface area contributed by atoms with Gasteiger partial charge >= 0.3 is 0 Å². The first-order valence-corrected chi connectivity index (χ1v) is 6.97. The summed E-state index contributed by atoms with van der Waals surface area (Å²) in [6, 6.07) is 7.23. The van der Waals surface area contributed by atoms with Crippen LogP contribution in [-0.4, -0.2) is 36.6 Å². The lowest BCUT2D eigenvalue weighted by Crippen LogP contribution is -2.36. The molecular formula is C15H23ClO3. The molecule has 0 amide bonds. The van der Waals surface area contributed by atoms with E-state index in [1.807, 2.05) is 12.1 Å². The topological polar surface area (TPSA) is 49.7 Å². The molecule has 0 saturated heterocycles. The number of ether oxygens (including phenoxy) is 1. The summed E-state index contributed by atoms with van der Waals surface area (Å²) in [4.78, 5) is 0. The van der Waals surface area contributed by atoms with Gasteiger partial charge in [0, 0.05) is 23.7 Å². The number of rotatable bonds is 8. The van der Waals surface area contributed by atoms with Crippen LogP contribution in [0.4, 0.5) is 0 Å². The third kappa shape index (κ3) is 4.77. The maximum absolute atomic E-state index is 9.66. The maximum Gasteiger partial charge on any atom is 0.0550 e. The Hall–Kier alpha value is -0.610. The van der Waals surface area contributed by atoms with Crippen LogP contribution in [0.2, 0.25) is 5.02 Å². The summed E-state index contributed by atoms with van der Waals surface area (Å²) in [5.41, 5.74) is 0.219. The van der Waals surface area contributed by atoms with E-state index in [2.05, 4.69) is 13.8 Å². The zero-order chi connectivity index (χ0) is 14.3. The van der Waals surface area contributed by atoms with E-state index < -0.39 is 5.41 Å². The lowest BCUT2D eigenvalue weighted by molar-refractivity contribution is 0.0536. The van der Waals surface area contributed by atoms with Crippen LogP contribution in [0.3, 0.4) is 0 Å². The molecule has 0 saturated carbocycles. The molecule has 0 fully saturated rings. The fraction of sp³-hybridized carbons (Fsp3) is 0.600. The van der Waals surface area contributed by atoms with Crippen LogP contribution in [0, 0.1) is 5.92 Å². The standard InChI is InChI=1S/C15H23ClO3/c1-12(2)9-19-8-7-15(10-17,11-18)13-3-5-14(16)6-4-13/h3-6,12,17-18H,7-11H2,1-2H3. The van der Waals surface area contributed by atoms with Crippen molar-refractivity contribution in [3.05, 3.63) is 34.9 Å². The highest BCUT2D eigenvalue weighted by Gasteiger charge is 2.30. The Balaban J connectivity index is 2.70. The number of aliphatic hydroxyl groups is 2.